The molecule has 0 aromatic heterocycles. The van der Waals surface area contributed by atoms with E-state index in [4.69, 9.17) is 4.74 Å². The SMILES string of the molecule is O=C(N[C@@H](CCCCNc1ccc([N+](=O)[O-])cc1[N+](=O)[O-])C(=O)O)OCC1c2ccccc2-c2ccccc21. The number of anilines is 1. The first-order chi connectivity index (χ1) is 18.8. The predicted octanol–water partition coefficient (Wildman–Crippen LogP) is 5.08. The first-order valence-electron chi connectivity index (χ1n) is 12.3. The molecule has 1 atom stereocenters. The lowest BCUT2D eigenvalue weighted by molar-refractivity contribution is -0.393. The maximum absolute atomic E-state index is 12.5. The monoisotopic (exact) mass is 534 g/mol. The number of carbonyl (C=O) groups is 2. The van der Waals surface area contributed by atoms with Crippen molar-refractivity contribution in [3.8, 4) is 11.1 Å². The summed E-state index contributed by atoms with van der Waals surface area (Å²) in [5, 5.41) is 36.9. The number of nitrogens with zero attached hydrogens (tertiary/aromatic N) is 2. The Morgan fingerprint density at radius 1 is 0.923 bits per heavy atom. The zero-order chi connectivity index (χ0) is 27.9. The van der Waals surface area contributed by atoms with Crippen molar-refractivity contribution in [2.24, 2.45) is 0 Å². The number of fused-ring (bicyclic) bond motifs is 3. The molecule has 0 unspecified atom stereocenters. The lowest BCUT2D eigenvalue weighted by Crippen LogP contribution is -2.41. The first-order valence-corrected chi connectivity index (χ1v) is 12.3. The highest BCUT2D eigenvalue weighted by atomic mass is 16.6. The Morgan fingerprint density at radius 3 is 2.15 bits per heavy atom. The Hall–Kier alpha value is -5.00. The molecule has 3 N–H and O–H groups in total. The molecule has 0 heterocycles. The van der Waals surface area contributed by atoms with Crippen molar-refractivity contribution in [3.63, 3.8) is 0 Å². The quantitative estimate of drug-likeness (QED) is 0.163. The summed E-state index contributed by atoms with van der Waals surface area (Å²) in [4.78, 5) is 44.8. The van der Waals surface area contributed by atoms with Gasteiger partial charge in [0.25, 0.3) is 11.4 Å². The summed E-state index contributed by atoms with van der Waals surface area (Å²) in [6, 6.07) is 17.9. The van der Waals surface area contributed by atoms with Gasteiger partial charge in [-0.25, -0.2) is 9.59 Å². The van der Waals surface area contributed by atoms with E-state index in [9.17, 15) is 34.9 Å². The molecule has 1 aliphatic rings. The van der Waals surface area contributed by atoms with Crippen molar-refractivity contribution in [2.75, 3.05) is 18.5 Å². The van der Waals surface area contributed by atoms with Crippen LogP contribution in [-0.4, -0.2) is 46.2 Å². The standard InChI is InChI=1S/C27H26N4O8/c32-26(33)24(11-5-6-14-28-23-13-12-17(30(35)36)15-25(23)31(37)38)29-27(34)39-16-22-20-9-3-1-7-18(20)19-8-2-4-10-21(19)22/h1-4,7-10,12-13,15,22,24,28H,5-6,11,14,16H2,(H,29,34)(H,32,33)/t24-/m0/s1. The van der Waals surface area contributed by atoms with Gasteiger partial charge in [-0.3, -0.25) is 20.2 Å². The number of carboxylic acids is 1. The normalized spacial score (nSPS) is 12.6. The van der Waals surface area contributed by atoms with Crippen LogP contribution in [0.1, 0.15) is 36.3 Å². The first kappa shape index (κ1) is 27.0. The zero-order valence-corrected chi connectivity index (χ0v) is 20.7. The van der Waals surface area contributed by atoms with E-state index in [1.807, 2.05) is 48.5 Å². The van der Waals surface area contributed by atoms with E-state index in [1.165, 1.54) is 6.07 Å². The number of ether oxygens (including phenoxy) is 1. The van der Waals surface area contributed by atoms with Crippen molar-refractivity contribution in [1.29, 1.82) is 0 Å². The number of carbonyl (C=O) groups excluding carboxylic acids is 1. The predicted molar refractivity (Wildman–Crippen MR) is 142 cm³/mol. The molecule has 1 amide bonds. The Bertz CT molecular complexity index is 1360. The van der Waals surface area contributed by atoms with Gasteiger partial charge in [-0.1, -0.05) is 48.5 Å². The third kappa shape index (κ3) is 6.29. The maximum atomic E-state index is 12.5. The molecule has 39 heavy (non-hydrogen) atoms. The lowest BCUT2D eigenvalue weighted by atomic mass is 9.98. The number of unbranched alkanes of at least 4 members (excludes halogenated alkanes) is 1. The van der Waals surface area contributed by atoms with Crippen LogP contribution in [0.4, 0.5) is 21.9 Å². The number of carboxylic acid groups (broad SMARTS) is 1. The molecule has 12 nitrogen and oxygen atoms in total. The number of benzene rings is 3. The highest BCUT2D eigenvalue weighted by Gasteiger charge is 2.29. The molecular weight excluding hydrogens is 508 g/mol. The number of hydrogen-bond acceptors (Lipinski definition) is 8. The summed E-state index contributed by atoms with van der Waals surface area (Å²) in [7, 11) is 0. The highest BCUT2D eigenvalue weighted by molar-refractivity contribution is 5.81. The number of hydrogen-bond donors (Lipinski definition) is 3. The molecule has 0 aliphatic heterocycles. The van der Waals surface area contributed by atoms with Crippen LogP contribution in [0.15, 0.2) is 66.7 Å². The number of nitrogens with one attached hydrogen (secondary N) is 2. The Labute approximate surface area is 222 Å². The molecule has 0 saturated carbocycles. The van der Waals surface area contributed by atoms with Gasteiger partial charge in [-0.15, -0.1) is 0 Å². The summed E-state index contributed by atoms with van der Waals surface area (Å²) in [6.45, 7) is 0.320. The topological polar surface area (TPSA) is 174 Å². The van der Waals surface area contributed by atoms with E-state index in [1.54, 1.807) is 0 Å². The lowest BCUT2D eigenvalue weighted by Gasteiger charge is -2.17. The molecule has 0 saturated heterocycles. The summed E-state index contributed by atoms with van der Waals surface area (Å²) in [5.74, 6) is -1.36. The van der Waals surface area contributed by atoms with E-state index in [2.05, 4.69) is 10.6 Å². The third-order valence-corrected chi connectivity index (χ3v) is 6.56. The van der Waals surface area contributed by atoms with E-state index in [0.29, 0.717) is 12.8 Å². The van der Waals surface area contributed by atoms with E-state index in [0.717, 1.165) is 34.4 Å². The number of aliphatic carboxylic acids is 1. The molecule has 12 heteroatoms. The van der Waals surface area contributed by atoms with Crippen molar-refractivity contribution in [2.45, 2.75) is 31.2 Å². The molecule has 0 bridgehead atoms. The van der Waals surface area contributed by atoms with E-state index < -0.39 is 39.3 Å². The molecule has 1 aliphatic carbocycles. The Balaban J connectivity index is 1.26. The highest BCUT2D eigenvalue weighted by Crippen LogP contribution is 2.44. The average Bonchev–Trinajstić information content (AvgIpc) is 3.24. The minimum atomic E-state index is -1.21. The van der Waals surface area contributed by atoms with Crippen LogP contribution in [0.2, 0.25) is 0 Å². The van der Waals surface area contributed by atoms with Gasteiger partial charge in [0.15, 0.2) is 0 Å². The van der Waals surface area contributed by atoms with Gasteiger partial charge in [0.1, 0.15) is 18.3 Å². The van der Waals surface area contributed by atoms with Gasteiger partial charge in [0.2, 0.25) is 0 Å². The van der Waals surface area contributed by atoms with Gasteiger partial charge in [-0.05, 0) is 47.6 Å². The third-order valence-electron chi connectivity index (χ3n) is 6.56. The summed E-state index contributed by atoms with van der Waals surface area (Å²) < 4.78 is 5.43. The van der Waals surface area contributed by atoms with Crippen LogP contribution in [0.5, 0.6) is 0 Å². The van der Waals surface area contributed by atoms with E-state index in [-0.39, 0.29) is 31.2 Å². The average molecular weight is 535 g/mol. The fourth-order valence-electron chi connectivity index (χ4n) is 4.67. The molecule has 0 radical (unpaired) electrons. The fraction of sp³-hybridized carbons (Fsp3) is 0.259. The zero-order valence-electron chi connectivity index (χ0n) is 20.7. The van der Waals surface area contributed by atoms with Gasteiger partial charge in [-0.2, -0.15) is 0 Å². The van der Waals surface area contributed by atoms with Crippen LogP contribution in [0.3, 0.4) is 0 Å². The molecule has 3 aromatic carbocycles. The fourth-order valence-corrected chi connectivity index (χ4v) is 4.67. The molecule has 4 rings (SSSR count). The van der Waals surface area contributed by atoms with Crippen molar-refractivity contribution < 1.29 is 29.3 Å². The Kier molecular flexibility index (Phi) is 8.34. The van der Waals surface area contributed by atoms with Crippen LogP contribution in [0.25, 0.3) is 11.1 Å². The largest absolute Gasteiger partial charge is 0.480 e. The van der Waals surface area contributed by atoms with Crippen LogP contribution in [0, 0.1) is 20.2 Å². The van der Waals surface area contributed by atoms with Gasteiger partial charge >= 0.3 is 12.1 Å². The van der Waals surface area contributed by atoms with Crippen molar-refractivity contribution in [3.05, 3.63) is 98.1 Å². The Morgan fingerprint density at radius 2 is 1.56 bits per heavy atom. The second-order valence-electron chi connectivity index (χ2n) is 9.00. The van der Waals surface area contributed by atoms with Crippen molar-refractivity contribution >= 4 is 29.1 Å². The van der Waals surface area contributed by atoms with Crippen LogP contribution in [-0.2, 0) is 9.53 Å². The maximum Gasteiger partial charge on any atom is 0.407 e. The minimum Gasteiger partial charge on any atom is -0.480 e. The van der Waals surface area contributed by atoms with Gasteiger partial charge in [0, 0.05) is 18.5 Å². The molecule has 0 spiro atoms. The van der Waals surface area contributed by atoms with Gasteiger partial charge in [0.05, 0.1) is 15.9 Å². The molecule has 0 fully saturated rings. The van der Waals surface area contributed by atoms with Crippen LogP contribution >= 0.6 is 0 Å². The van der Waals surface area contributed by atoms with Crippen molar-refractivity contribution in [1.82, 2.24) is 5.32 Å². The second-order valence-corrected chi connectivity index (χ2v) is 9.00. The molecular formula is C27H26N4O8. The summed E-state index contributed by atoms with van der Waals surface area (Å²) in [5.41, 5.74) is 3.55. The molecule has 3 aromatic rings. The van der Waals surface area contributed by atoms with Gasteiger partial charge < -0.3 is 20.5 Å². The number of amides is 1. The minimum absolute atomic E-state index is 0.0597. The number of rotatable bonds is 12. The number of non-ortho nitro benzene ring substituents is 1. The summed E-state index contributed by atoms with van der Waals surface area (Å²) in [6.07, 6.45) is 0.103. The number of alkyl carbamates (subject to hydrolysis) is 1. The number of nitro benzene ring substituents is 2. The van der Waals surface area contributed by atoms with Crippen LogP contribution < -0.4 is 10.6 Å². The summed E-state index contributed by atoms with van der Waals surface area (Å²) >= 11 is 0. The van der Waals surface area contributed by atoms with E-state index >= 15 is 0 Å². The molecule has 202 valence electrons. The number of nitro groups is 2. The smallest absolute Gasteiger partial charge is 0.407 e. The second kappa shape index (κ2) is 12.0.